The number of rotatable bonds is 5. The maximum Gasteiger partial charge on any atom is 0.335 e. The van der Waals surface area contributed by atoms with Crippen molar-refractivity contribution in [1.82, 2.24) is 10.1 Å². The molecular formula is C14H10N2O5. The normalized spacial score (nSPS) is 10.5. The number of nitrogens with zero attached hydrogens (tertiary/aromatic N) is 2. The van der Waals surface area contributed by atoms with Gasteiger partial charge in [0, 0.05) is 0 Å². The van der Waals surface area contributed by atoms with Crippen LogP contribution in [0.25, 0.3) is 11.6 Å². The second-order valence-electron chi connectivity index (χ2n) is 4.11. The maximum atomic E-state index is 10.7. The summed E-state index contributed by atoms with van der Waals surface area (Å²) in [5, 5.41) is 12.6. The lowest BCUT2D eigenvalue weighted by Gasteiger charge is -2.02. The molecule has 7 nitrogen and oxygen atoms in total. The summed E-state index contributed by atoms with van der Waals surface area (Å²) < 4.78 is 15.6. The highest BCUT2D eigenvalue weighted by Crippen LogP contribution is 2.17. The van der Waals surface area contributed by atoms with Crippen LogP contribution in [-0.2, 0) is 6.61 Å². The first kappa shape index (κ1) is 12.9. The van der Waals surface area contributed by atoms with Crippen LogP contribution in [0.1, 0.15) is 16.2 Å². The van der Waals surface area contributed by atoms with Gasteiger partial charge in [-0.3, -0.25) is 0 Å². The fourth-order valence-electron chi connectivity index (χ4n) is 1.66. The fraction of sp³-hybridized carbons (Fsp3) is 0.0714. The second kappa shape index (κ2) is 5.49. The first-order valence-corrected chi connectivity index (χ1v) is 6.05. The number of benzene rings is 1. The lowest BCUT2D eigenvalue weighted by molar-refractivity contribution is 0.0697. The molecule has 21 heavy (non-hydrogen) atoms. The predicted octanol–water partition coefficient (Wildman–Crippen LogP) is 2.61. The van der Waals surface area contributed by atoms with Crippen molar-refractivity contribution in [2.24, 2.45) is 0 Å². The average Bonchev–Trinajstić information content (AvgIpc) is 3.16. The van der Waals surface area contributed by atoms with Crippen molar-refractivity contribution in [3.8, 4) is 17.3 Å². The highest BCUT2D eigenvalue weighted by molar-refractivity contribution is 5.87. The Morgan fingerprint density at radius 3 is 2.71 bits per heavy atom. The largest absolute Gasteiger partial charge is 0.484 e. The van der Waals surface area contributed by atoms with Crippen molar-refractivity contribution in [1.29, 1.82) is 0 Å². The zero-order valence-corrected chi connectivity index (χ0v) is 10.7. The summed E-state index contributed by atoms with van der Waals surface area (Å²) >= 11 is 0. The van der Waals surface area contributed by atoms with Crippen molar-refractivity contribution in [3.05, 3.63) is 54.1 Å². The van der Waals surface area contributed by atoms with E-state index in [1.165, 1.54) is 18.4 Å². The minimum Gasteiger partial charge on any atom is -0.484 e. The van der Waals surface area contributed by atoms with Gasteiger partial charge in [-0.15, -0.1) is 0 Å². The molecule has 3 rings (SSSR count). The molecular weight excluding hydrogens is 276 g/mol. The summed E-state index contributed by atoms with van der Waals surface area (Å²) in [5.74, 6) is 0.679. The van der Waals surface area contributed by atoms with Crippen LogP contribution in [0.15, 0.2) is 51.6 Å². The van der Waals surface area contributed by atoms with Gasteiger partial charge in [-0.1, -0.05) is 5.16 Å². The number of carboxylic acid groups (broad SMARTS) is 1. The molecule has 7 heteroatoms. The van der Waals surface area contributed by atoms with Gasteiger partial charge in [-0.05, 0) is 36.4 Å². The summed E-state index contributed by atoms with van der Waals surface area (Å²) in [6, 6.07) is 9.49. The van der Waals surface area contributed by atoms with E-state index in [9.17, 15) is 4.79 Å². The first-order chi connectivity index (χ1) is 10.2. The third-order valence-corrected chi connectivity index (χ3v) is 2.67. The lowest BCUT2D eigenvalue weighted by atomic mass is 10.2. The molecule has 2 heterocycles. The molecule has 1 aromatic carbocycles. The van der Waals surface area contributed by atoms with E-state index in [1.54, 1.807) is 24.3 Å². The number of aromatic carboxylic acids is 1. The fourth-order valence-corrected chi connectivity index (χ4v) is 1.66. The van der Waals surface area contributed by atoms with Gasteiger partial charge in [0.1, 0.15) is 5.75 Å². The summed E-state index contributed by atoms with van der Waals surface area (Å²) in [6.45, 7) is 0.0835. The standard InChI is InChI=1S/C14H10N2O5/c17-14(18)9-3-5-10(6-4-9)20-8-12-15-13(16-21-12)11-2-1-7-19-11/h1-7H,8H2,(H,17,18). The Labute approximate surface area is 118 Å². The summed E-state index contributed by atoms with van der Waals surface area (Å²) in [7, 11) is 0. The van der Waals surface area contributed by atoms with Gasteiger partial charge in [-0.25, -0.2) is 4.79 Å². The molecule has 0 atom stereocenters. The summed E-state index contributed by atoms with van der Waals surface area (Å²) in [5.41, 5.74) is 0.195. The number of furan rings is 1. The molecule has 0 amide bonds. The molecule has 0 fully saturated rings. The highest BCUT2D eigenvalue weighted by atomic mass is 16.5. The molecule has 0 bridgehead atoms. The molecule has 0 radical (unpaired) electrons. The van der Waals surface area contributed by atoms with Gasteiger partial charge < -0.3 is 18.8 Å². The van der Waals surface area contributed by atoms with Crippen LogP contribution in [0.3, 0.4) is 0 Å². The summed E-state index contributed by atoms with van der Waals surface area (Å²) in [4.78, 5) is 14.8. The Morgan fingerprint density at radius 2 is 2.05 bits per heavy atom. The van der Waals surface area contributed by atoms with Crippen LogP contribution in [-0.4, -0.2) is 21.2 Å². The average molecular weight is 286 g/mol. The Hall–Kier alpha value is -3.09. The van der Waals surface area contributed by atoms with Gasteiger partial charge in [0.15, 0.2) is 12.4 Å². The SMILES string of the molecule is O=C(O)c1ccc(OCc2nc(-c3ccco3)no2)cc1. The molecule has 0 saturated heterocycles. The van der Waals surface area contributed by atoms with Gasteiger partial charge in [-0.2, -0.15) is 4.98 Å². The van der Waals surface area contributed by atoms with E-state index in [0.29, 0.717) is 23.2 Å². The third-order valence-electron chi connectivity index (χ3n) is 2.67. The van der Waals surface area contributed by atoms with E-state index >= 15 is 0 Å². The van der Waals surface area contributed by atoms with E-state index in [0.717, 1.165) is 0 Å². The minimum absolute atomic E-state index is 0.0835. The number of hydrogen-bond acceptors (Lipinski definition) is 6. The van der Waals surface area contributed by atoms with E-state index in [4.69, 9.17) is 18.8 Å². The maximum absolute atomic E-state index is 10.7. The number of ether oxygens (including phenoxy) is 1. The van der Waals surface area contributed by atoms with Crippen LogP contribution in [0, 0.1) is 0 Å². The topological polar surface area (TPSA) is 98.6 Å². The van der Waals surface area contributed by atoms with Crippen LogP contribution in [0.2, 0.25) is 0 Å². The van der Waals surface area contributed by atoms with Crippen molar-refractivity contribution >= 4 is 5.97 Å². The van der Waals surface area contributed by atoms with Gasteiger partial charge >= 0.3 is 5.97 Å². The molecule has 2 aromatic heterocycles. The van der Waals surface area contributed by atoms with E-state index in [1.807, 2.05) is 0 Å². The Kier molecular flexibility index (Phi) is 3.38. The number of carboxylic acids is 1. The zero-order valence-electron chi connectivity index (χ0n) is 10.7. The predicted molar refractivity (Wildman–Crippen MR) is 69.7 cm³/mol. The number of aromatic nitrogens is 2. The van der Waals surface area contributed by atoms with Crippen LogP contribution < -0.4 is 4.74 Å². The lowest BCUT2D eigenvalue weighted by Crippen LogP contribution is -1.98. The zero-order chi connectivity index (χ0) is 14.7. The molecule has 0 saturated carbocycles. The minimum atomic E-state index is -0.985. The Morgan fingerprint density at radius 1 is 1.24 bits per heavy atom. The quantitative estimate of drug-likeness (QED) is 0.769. The molecule has 0 spiro atoms. The van der Waals surface area contributed by atoms with Crippen LogP contribution in [0.4, 0.5) is 0 Å². The highest BCUT2D eigenvalue weighted by Gasteiger charge is 2.11. The van der Waals surface area contributed by atoms with E-state index in [2.05, 4.69) is 10.1 Å². The number of hydrogen-bond donors (Lipinski definition) is 1. The second-order valence-corrected chi connectivity index (χ2v) is 4.11. The van der Waals surface area contributed by atoms with Gasteiger partial charge in [0.25, 0.3) is 5.89 Å². The van der Waals surface area contributed by atoms with Crippen LogP contribution >= 0.6 is 0 Å². The third kappa shape index (κ3) is 2.92. The van der Waals surface area contributed by atoms with Crippen molar-refractivity contribution in [3.63, 3.8) is 0 Å². The van der Waals surface area contributed by atoms with Gasteiger partial charge in [0.2, 0.25) is 5.82 Å². The smallest absolute Gasteiger partial charge is 0.335 e. The molecule has 0 aliphatic rings. The van der Waals surface area contributed by atoms with E-state index in [-0.39, 0.29) is 12.2 Å². The van der Waals surface area contributed by atoms with Gasteiger partial charge in [0.05, 0.1) is 11.8 Å². The molecule has 106 valence electrons. The summed E-state index contributed by atoms with van der Waals surface area (Å²) in [6.07, 6.45) is 1.52. The molecule has 0 unspecified atom stereocenters. The van der Waals surface area contributed by atoms with Crippen molar-refractivity contribution < 1.29 is 23.6 Å². The first-order valence-electron chi connectivity index (χ1n) is 6.05. The van der Waals surface area contributed by atoms with Crippen molar-refractivity contribution in [2.45, 2.75) is 6.61 Å². The molecule has 0 aliphatic heterocycles. The molecule has 1 N–H and O–H groups in total. The van der Waals surface area contributed by atoms with Crippen LogP contribution in [0.5, 0.6) is 5.75 Å². The monoisotopic (exact) mass is 286 g/mol. The molecule has 3 aromatic rings. The van der Waals surface area contributed by atoms with Crippen molar-refractivity contribution in [2.75, 3.05) is 0 Å². The Balaban J connectivity index is 1.64. The van der Waals surface area contributed by atoms with E-state index < -0.39 is 5.97 Å². The Bertz CT molecular complexity index is 731. The molecule has 0 aliphatic carbocycles. The number of carbonyl (C=O) groups is 1.